The Bertz CT molecular complexity index is 744. The predicted molar refractivity (Wildman–Crippen MR) is 95.8 cm³/mol. The van der Waals surface area contributed by atoms with Crippen molar-refractivity contribution < 1.29 is 19.0 Å². The van der Waals surface area contributed by atoms with Gasteiger partial charge in [0.1, 0.15) is 17.6 Å². The quantitative estimate of drug-likeness (QED) is 0.739. The maximum atomic E-state index is 11.9. The van der Waals surface area contributed by atoms with Crippen LogP contribution in [0.25, 0.3) is 0 Å². The molecule has 0 N–H and O–H groups in total. The van der Waals surface area contributed by atoms with Gasteiger partial charge in [0.15, 0.2) is 0 Å². The van der Waals surface area contributed by atoms with Gasteiger partial charge < -0.3 is 14.2 Å². The summed E-state index contributed by atoms with van der Waals surface area (Å²) in [5, 5.41) is 0. The summed E-state index contributed by atoms with van der Waals surface area (Å²) >= 11 is 0. The molecule has 0 saturated heterocycles. The van der Waals surface area contributed by atoms with Crippen LogP contribution in [-0.2, 0) is 16.0 Å². The molecule has 0 aromatic heterocycles. The maximum Gasteiger partial charge on any atom is 0.331 e. The Kier molecular flexibility index (Phi) is 5.39. The second-order valence-electron chi connectivity index (χ2n) is 6.05. The zero-order valence-corrected chi connectivity index (χ0v) is 14.5. The molecule has 0 radical (unpaired) electrons. The van der Waals surface area contributed by atoms with Crippen LogP contribution >= 0.6 is 0 Å². The van der Waals surface area contributed by atoms with Gasteiger partial charge in [0.25, 0.3) is 0 Å². The van der Waals surface area contributed by atoms with Crippen molar-refractivity contribution in [1.29, 1.82) is 0 Å². The molecule has 0 unspecified atom stereocenters. The molecule has 2 aromatic rings. The molecule has 25 heavy (non-hydrogen) atoms. The molecule has 0 aliphatic carbocycles. The molecule has 1 atom stereocenters. The van der Waals surface area contributed by atoms with Gasteiger partial charge >= 0.3 is 5.97 Å². The maximum absolute atomic E-state index is 11.9. The first kappa shape index (κ1) is 17.1. The van der Waals surface area contributed by atoms with Crippen LogP contribution in [0.1, 0.15) is 30.1 Å². The Morgan fingerprint density at radius 2 is 1.52 bits per heavy atom. The van der Waals surface area contributed by atoms with E-state index in [1.807, 2.05) is 36.4 Å². The Morgan fingerprint density at radius 1 is 0.920 bits per heavy atom. The summed E-state index contributed by atoms with van der Waals surface area (Å²) in [6.45, 7) is 0. The van der Waals surface area contributed by atoms with E-state index >= 15 is 0 Å². The first-order valence-corrected chi connectivity index (χ1v) is 8.35. The lowest BCUT2D eigenvalue weighted by Crippen LogP contribution is -2.16. The topological polar surface area (TPSA) is 44.8 Å². The molecule has 4 heteroatoms. The third-order valence-electron chi connectivity index (χ3n) is 4.41. The van der Waals surface area contributed by atoms with Crippen LogP contribution in [0.4, 0.5) is 0 Å². The van der Waals surface area contributed by atoms with Gasteiger partial charge in [0, 0.05) is 12.5 Å². The molecule has 0 amide bonds. The van der Waals surface area contributed by atoms with Crippen LogP contribution in [-0.4, -0.2) is 20.2 Å². The highest BCUT2D eigenvalue weighted by atomic mass is 16.5. The van der Waals surface area contributed by atoms with E-state index in [1.165, 1.54) is 5.56 Å². The molecule has 0 bridgehead atoms. The van der Waals surface area contributed by atoms with Gasteiger partial charge in [0.05, 0.1) is 14.2 Å². The van der Waals surface area contributed by atoms with E-state index in [4.69, 9.17) is 14.2 Å². The fourth-order valence-electron chi connectivity index (χ4n) is 2.96. The zero-order valence-electron chi connectivity index (χ0n) is 14.5. The lowest BCUT2D eigenvalue weighted by molar-refractivity contribution is -0.144. The smallest absolute Gasteiger partial charge is 0.331 e. The molecule has 0 saturated carbocycles. The first-order valence-electron chi connectivity index (χ1n) is 8.35. The van der Waals surface area contributed by atoms with Crippen molar-refractivity contribution in [3.63, 3.8) is 0 Å². The van der Waals surface area contributed by atoms with Crippen LogP contribution < -0.4 is 9.47 Å². The summed E-state index contributed by atoms with van der Waals surface area (Å²) in [5.41, 5.74) is 3.33. The van der Waals surface area contributed by atoms with Gasteiger partial charge in [-0.2, -0.15) is 0 Å². The molecule has 2 aromatic carbocycles. The molecular formula is C21H22O4. The van der Waals surface area contributed by atoms with Crippen molar-refractivity contribution in [1.82, 2.24) is 0 Å². The molecule has 0 fully saturated rings. The van der Waals surface area contributed by atoms with E-state index in [2.05, 4.69) is 12.1 Å². The van der Waals surface area contributed by atoms with E-state index in [-0.39, 0.29) is 12.1 Å². The van der Waals surface area contributed by atoms with Crippen molar-refractivity contribution in [2.45, 2.75) is 25.4 Å². The highest BCUT2D eigenvalue weighted by Gasteiger charge is 2.23. The van der Waals surface area contributed by atoms with Crippen LogP contribution in [0.3, 0.4) is 0 Å². The summed E-state index contributed by atoms with van der Waals surface area (Å²) in [5.74, 6) is 1.38. The average molecular weight is 338 g/mol. The van der Waals surface area contributed by atoms with Crippen LogP contribution in [0, 0.1) is 0 Å². The van der Waals surface area contributed by atoms with E-state index in [0.29, 0.717) is 0 Å². The number of carbonyl (C=O) groups excluding carboxylic acids is 1. The molecule has 1 heterocycles. The molecule has 0 spiro atoms. The highest BCUT2D eigenvalue weighted by molar-refractivity contribution is 5.84. The number of aryl methyl sites for hydroxylation is 1. The summed E-state index contributed by atoms with van der Waals surface area (Å²) in [4.78, 5) is 11.9. The van der Waals surface area contributed by atoms with Gasteiger partial charge in [-0.3, -0.25) is 0 Å². The highest BCUT2D eigenvalue weighted by Crippen LogP contribution is 2.32. The zero-order chi connectivity index (χ0) is 17.6. The van der Waals surface area contributed by atoms with Crippen molar-refractivity contribution in [3.8, 4) is 11.5 Å². The van der Waals surface area contributed by atoms with Crippen molar-refractivity contribution in [2.75, 3.05) is 14.2 Å². The fourth-order valence-corrected chi connectivity index (χ4v) is 2.96. The van der Waals surface area contributed by atoms with Gasteiger partial charge in [-0.1, -0.05) is 29.8 Å². The fraction of sp³-hybridized carbons (Fsp3) is 0.286. The van der Waals surface area contributed by atoms with E-state index < -0.39 is 0 Å². The summed E-state index contributed by atoms with van der Waals surface area (Å²) in [6, 6.07) is 15.7. The average Bonchev–Trinajstić information content (AvgIpc) is 2.66. The van der Waals surface area contributed by atoms with E-state index in [0.717, 1.165) is 41.9 Å². The van der Waals surface area contributed by atoms with Gasteiger partial charge in [-0.25, -0.2) is 4.79 Å². The first-order chi connectivity index (χ1) is 12.2. The molecule has 4 nitrogen and oxygen atoms in total. The number of benzene rings is 2. The number of rotatable bonds is 6. The number of ether oxygens (including phenoxy) is 3. The van der Waals surface area contributed by atoms with Gasteiger partial charge in [-0.05, 0) is 48.2 Å². The Balaban J connectivity index is 1.63. The van der Waals surface area contributed by atoms with Crippen LogP contribution in [0.5, 0.6) is 11.5 Å². The second-order valence-corrected chi connectivity index (χ2v) is 6.05. The standard InChI is InChI=1S/C21H22O4/c1-23-18-9-5-15(6-10-18)3-4-16-13-20(25-21(22)14-16)17-7-11-19(24-2)12-8-17/h5-12,14,20H,3-4,13H2,1-2H3/t20-/m0/s1. The molecule has 1 aliphatic heterocycles. The van der Waals surface area contributed by atoms with Gasteiger partial charge in [-0.15, -0.1) is 0 Å². The van der Waals surface area contributed by atoms with Crippen molar-refractivity contribution in [2.24, 2.45) is 0 Å². The van der Waals surface area contributed by atoms with Crippen molar-refractivity contribution in [3.05, 3.63) is 71.3 Å². The number of carbonyl (C=O) groups is 1. The third-order valence-corrected chi connectivity index (χ3v) is 4.41. The van der Waals surface area contributed by atoms with E-state index in [1.54, 1.807) is 20.3 Å². The molecular weight excluding hydrogens is 316 g/mol. The third kappa shape index (κ3) is 4.41. The number of hydrogen-bond acceptors (Lipinski definition) is 4. The van der Waals surface area contributed by atoms with Gasteiger partial charge in [0.2, 0.25) is 0 Å². The SMILES string of the molecule is COc1ccc(CCC2=CC(=O)O[C@H](c3ccc(OC)cc3)C2)cc1. The normalized spacial score (nSPS) is 16.8. The summed E-state index contributed by atoms with van der Waals surface area (Å²) in [7, 11) is 3.29. The van der Waals surface area contributed by atoms with Crippen molar-refractivity contribution >= 4 is 5.97 Å². The minimum absolute atomic E-state index is 0.228. The number of hydrogen-bond donors (Lipinski definition) is 0. The lowest BCUT2D eigenvalue weighted by atomic mass is 9.94. The molecule has 3 rings (SSSR count). The minimum Gasteiger partial charge on any atom is -0.497 e. The molecule has 1 aliphatic rings. The number of cyclic esters (lactones) is 1. The largest absolute Gasteiger partial charge is 0.497 e. The van der Waals surface area contributed by atoms with Crippen LogP contribution in [0.15, 0.2) is 60.2 Å². The Hall–Kier alpha value is -2.75. The lowest BCUT2D eigenvalue weighted by Gasteiger charge is -2.23. The summed E-state index contributed by atoms with van der Waals surface area (Å²) < 4.78 is 15.8. The van der Waals surface area contributed by atoms with Crippen LogP contribution in [0.2, 0.25) is 0 Å². The molecule has 130 valence electrons. The number of methoxy groups -OCH3 is 2. The van der Waals surface area contributed by atoms with E-state index in [9.17, 15) is 4.79 Å². The number of esters is 1. The Morgan fingerprint density at radius 3 is 2.12 bits per heavy atom. The minimum atomic E-state index is -0.267. The monoisotopic (exact) mass is 338 g/mol. The second kappa shape index (κ2) is 7.88. The Labute approximate surface area is 148 Å². The summed E-state index contributed by atoms with van der Waals surface area (Å²) in [6.07, 6.45) is 3.86. The predicted octanol–water partition coefficient (Wildman–Crippen LogP) is 4.25.